The zero-order valence-electron chi connectivity index (χ0n) is 16.5. The number of nitrogens with one attached hydrogen (secondary N) is 2. The lowest BCUT2D eigenvalue weighted by Gasteiger charge is -2.32. The molecule has 1 aromatic carbocycles. The summed E-state index contributed by atoms with van der Waals surface area (Å²) in [6, 6.07) is 6.32. The minimum absolute atomic E-state index is 0.165. The van der Waals surface area contributed by atoms with E-state index in [4.69, 9.17) is 9.47 Å². The molecular weight excluding hydrogens is 370 g/mol. The number of piperidine rings is 1. The average Bonchev–Trinajstić information content (AvgIpc) is 3.45. The van der Waals surface area contributed by atoms with Gasteiger partial charge in [-0.25, -0.2) is 4.68 Å². The maximum atomic E-state index is 13.1. The van der Waals surface area contributed by atoms with Gasteiger partial charge in [0, 0.05) is 0 Å². The third kappa shape index (κ3) is 3.57. The van der Waals surface area contributed by atoms with Gasteiger partial charge in [0.2, 0.25) is 0 Å². The van der Waals surface area contributed by atoms with Crippen LogP contribution in [0.25, 0.3) is 0 Å². The van der Waals surface area contributed by atoms with E-state index in [9.17, 15) is 4.79 Å². The number of amides is 1. The van der Waals surface area contributed by atoms with Gasteiger partial charge in [-0.15, -0.1) is 5.10 Å². The average molecular weight is 397 g/mol. The summed E-state index contributed by atoms with van der Waals surface area (Å²) >= 11 is 0. The van der Waals surface area contributed by atoms with E-state index in [-0.39, 0.29) is 5.91 Å². The van der Waals surface area contributed by atoms with Crippen LogP contribution in [0, 0.1) is 0 Å². The van der Waals surface area contributed by atoms with Gasteiger partial charge in [0.15, 0.2) is 17.2 Å². The molecule has 3 aliphatic rings. The van der Waals surface area contributed by atoms with Crippen LogP contribution in [0.15, 0.2) is 24.4 Å². The Morgan fingerprint density at radius 3 is 2.69 bits per heavy atom. The standard InChI is InChI=1S/C21H27N5O3/c27-20(17-14-26(25-24-17)16-5-9-22-10-6-16)23-21(7-1-2-8-21)15-3-4-18-19(13-15)29-12-11-28-18/h3-4,13-14,16,22H,1-2,5-12H2,(H,23,27). The first-order valence-corrected chi connectivity index (χ1v) is 10.6. The molecule has 1 aromatic heterocycles. The highest BCUT2D eigenvalue weighted by Crippen LogP contribution is 2.42. The number of hydrogen-bond acceptors (Lipinski definition) is 6. The van der Waals surface area contributed by atoms with Gasteiger partial charge in [-0.3, -0.25) is 4.79 Å². The predicted octanol–water partition coefficient (Wildman–Crippen LogP) is 2.17. The van der Waals surface area contributed by atoms with Gasteiger partial charge in [-0.05, 0) is 56.5 Å². The molecule has 2 aliphatic heterocycles. The second-order valence-corrected chi connectivity index (χ2v) is 8.17. The molecule has 154 valence electrons. The van der Waals surface area contributed by atoms with Gasteiger partial charge in [-0.1, -0.05) is 24.1 Å². The lowest BCUT2D eigenvalue weighted by molar-refractivity contribution is 0.0892. The first-order valence-electron chi connectivity index (χ1n) is 10.6. The van der Waals surface area contributed by atoms with Crippen molar-refractivity contribution in [1.29, 1.82) is 0 Å². The molecule has 2 fully saturated rings. The number of ether oxygens (including phenoxy) is 2. The first kappa shape index (κ1) is 18.4. The Bertz CT molecular complexity index is 884. The number of aromatic nitrogens is 3. The third-order valence-corrected chi connectivity index (χ3v) is 6.33. The van der Waals surface area contributed by atoms with E-state index in [0.717, 1.165) is 68.7 Å². The fourth-order valence-corrected chi connectivity index (χ4v) is 4.72. The van der Waals surface area contributed by atoms with E-state index in [1.54, 1.807) is 6.20 Å². The molecule has 0 unspecified atom stereocenters. The largest absolute Gasteiger partial charge is 0.486 e. The SMILES string of the molecule is O=C(NC1(c2ccc3c(c2)OCCO3)CCCC1)c1cn(C2CCNCC2)nn1. The highest BCUT2D eigenvalue weighted by atomic mass is 16.6. The predicted molar refractivity (Wildman–Crippen MR) is 106 cm³/mol. The highest BCUT2D eigenvalue weighted by molar-refractivity contribution is 5.92. The number of fused-ring (bicyclic) bond motifs is 1. The van der Waals surface area contributed by atoms with Crippen LogP contribution in [0.5, 0.6) is 11.5 Å². The fraction of sp³-hybridized carbons (Fsp3) is 0.571. The van der Waals surface area contributed by atoms with Crippen LogP contribution >= 0.6 is 0 Å². The quantitative estimate of drug-likeness (QED) is 0.822. The van der Waals surface area contributed by atoms with Crippen molar-refractivity contribution < 1.29 is 14.3 Å². The molecule has 1 amide bonds. The molecule has 2 N–H and O–H groups in total. The van der Waals surface area contributed by atoms with E-state index in [2.05, 4.69) is 20.9 Å². The van der Waals surface area contributed by atoms with Gasteiger partial charge in [0.1, 0.15) is 13.2 Å². The van der Waals surface area contributed by atoms with Gasteiger partial charge in [-0.2, -0.15) is 0 Å². The number of benzene rings is 1. The number of nitrogens with zero attached hydrogens (tertiary/aromatic N) is 3. The zero-order chi connectivity index (χ0) is 19.7. The van der Waals surface area contributed by atoms with E-state index < -0.39 is 5.54 Å². The molecule has 2 aromatic rings. The van der Waals surface area contributed by atoms with Gasteiger partial charge >= 0.3 is 0 Å². The molecule has 1 saturated heterocycles. The Balaban J connectivity index is 1.37. The lowest BCUT2D eigenvalue weighted by atomic mass is 9.87. The van der Waals surface area contributed by atoms with Crippen molar-refractivity contribution in [2.24, 2.45) is 0 Å². The number of hydrogen-bond donors (Lipinski definition) is 2. The van der Waals surface area contributed by atoms with Crippen LogP contribution in [0.2, 0.25) is 0 Å². The lowest BCUT2D eigenvalue weighted by Crippen LogP contribution is -2.44. The third-order valence-electron chi connectivity index (χ3n) is 6.33. The summed E-state index contributed by atoms with van der Waals surface area (Å²) in [5.41, 5.74) is 1.05. The molecule has 0 radical (unpaired) electrons. The van der Waals surface area contributed by atoms with E-state index in [1.807, 2.05) is 22.9 Å². The van der Waals surface area contributed by atoms with Crippen molar-refractivity contribution >= 4 is 5.91 Å². The van der Waals surface area contributed by atoms with Crippen molar-refractivity contribution in [3.05, 3.63) is 35.7 Å². The maximum absolute atomic E-state index is 13.1. The summed E-state index contributed by atoms with van der Waals surface area (Å²) in [7, 11) is 0. The van der Waals surface area contributed by atoms with Crippen LogP contribution in [0.3, 0.4) is 0 Å². The molecule has 0 spiro atoms. The Morgan fingerprint density at radius 1 is 1.14 bits per heavy atom. The minimum Gasteiger partial charge on any atom is -0.486 e. The summed E-state index contributed by atoms with van der Waals surface area (Å²) in [5, 5.41) is 15.0. The van der Waals surface area contributed by atoms with Crippen molar-refractivity contribution in [3.8, 4) is 11.5 Å². The van der Waals surface area contributed by atoms with Crippen molar-refractivity contribution in [1.82, 2.24) is 25.6 Å². The highest BCUT2D eigenvalue weighted by Gasteiger charge is 2.38. The molecular formula is C21H27N5O3. The summed E-state index contributed by atoms with van der Waals surface area (Å²) in [4.78, 5) is 13.1. The second-order valence-electron chi connectivity index (χ2n) is 8.17. The van der Waals surface area contributed by atoms with Crippen LogP contribution in [0.4, 0.5) is 0 Å². The molecule has 1 saturated carbocycles. The Kier molecular flexibility index (Phi) is 4.87. The summed E-state index contributed by atoms with van der Waals surface area (Å²) in [6.07, 6.45) is 7.77. The Morgan fingerprint density at radius 2 is 1.90 bits per heavy atom. The molecule has 0 atom stereocenters. The topological polar surface area (TPSA) is 90.3 Å². The second kappa shape index (κ2) is 7.67. The summed E-state index contributed by atoms with van der Waals surface area (Å²) < 4.78 is 13.3. The van der Waals surface area contributed by atoms with Crippen molar-refractivity contribution in [2.75, 3.05) is 26.3 Å². The molecule has 8 heteroatoms. The Labute approximate surface area is 169 Å². The van der Waals surface area contributed by atoms with Crippen LogP contribution < -0.4 is 20.1 Å². The van der Waals surface area contributed by atoms with Crippen molar-refractivity contribution in [2.45, 2.75) is 50.1 Å². The van der Waals surface area contributed by atoms with E-state index in [0.29, 0.717) is 24.9 Å². The van der Waals surface area contributed by atoms with Crippen molar-refractivity contribution in [3.63, 3.8) is 0 Å². The van der Waals surface area contributed by atoms with Crippen LogP contribution in [-0.4, -0.2) is 47.2 Å². The molecule has 8 nitrogen and oxygen atoms in total. The Hall–Kier alpha value is -2.61. The minimum atomic E-state index is -0.397. The van der Waals surface area contributed by atoms with E-state index >= 15 is 0 Å². The molecule has 29 heavy (non-hydrogen) atoms. The number of carbonyl (C=O) groups excluding carboxylic acids is 1. The van der Waals surface area contributed by atoms with Gasteiger partial charge in [0.05, 0.1) is 17.8 Å². The number of carbonyl (C=O) groups is 1. The van der Waals surface area contributed by atoms with Crippen LogP contribution in [0.1, 0.15) is 60.6 Å². The monoisotopic (exact) mass is 397 g/mol. The summed E-state index contributed by atoms with van der Waals surface area (Å²) in [5.74, 6) is 1.36. The molecule has 1 aliphatic carbocycles. The van der Waals surface area contributed by atoms with Gasteiger partial charge < -0.3 is 20.1 Å². The van der Waals surface area contributed by atoms with Gasteiger partial charge in [0.25, 0.3) is 5.91 Å². The van der Waals surface area contributed by atoms with Crippen LogP contribution in [-0.2, 0) is 5.54 Å². The smallest absolute Gasteiger partial charge is 0.274 e. The normalized spacial score (nSPS) is 21.1. The maximum Gasteiger partial charge on any atom is 0.274 e. The van der Waals surface area contributed by atoms with E-state index in [1.165, 1.54) is 0 Å². The fourth-order valence-electron chi connectivity index (χ4n) is 4.72. The zero-order valence-corrected chi connectivity index (χ0v) is 16.5. The molecule has 0 bridgehead atoms. The summed E-state index contributed by atoms with van der Waals surface area (Å²) in [6.45, 7) is 3.06. The number of rotatable bonds is 4. The first-order chi connectivity index (χ1) is 14.2. The molecule has 5 rings (SSSR count). The molecule has 3 heterocycles.